The summed E-state index contributed by atoms with van der Waals surface area (Å²) in [5.74, 6) is 0.850. The minimum absolute atomic E-state index is 0.394. The number of rotatable bonds is 6. The topological polar surface area (TPSA) is 37.8 Å². The highest BCUT2D eigenvalue weighted by Crippen LogP contribution is 2.28. The van der Waals surface area contributed by atoms with E-state index in [0.717, 1.165) is 25.3 Å². The molecule has 1 heterocycles. The third-order valence-electron chi connectivity index (χ3n) is 4.08. The van der Waals surface area contributed by atoms with Gasteiger partial charge >= 0.3 is 0 Å². The van der Waals surface area contributed by atoms with E-state index in [1.807, 2.05) is 11.3 Å². The molecule has 108 valence electrons. The molecule has 0 amide bonds. The number of nitrogens with zero attached hydrogens (tertiary/aromatic N) is 2. The van der Waals surface area contributed by atoms with Crippen molar-refractivity contribution in [3.63, 3.8) is 0 Å². The molecule has 1 saturated carbocycles. The normalized spacial score (nSPS) is 19.3. The van der Waals surface area contributed by atoms with Gasteiger partial charge in [-0.25, -0.2) is 0 Å². The highest BCUT2D eigenvalue weighted by atomic mass is 32.1. The van der Waals surface area contributed by atoms with Gasteiger partial charge in [0.15, 0.2) is 0 Å². The molecule has 0 bridgehead atoms. The summed E-state index contributed by atoms with van der Waals surface area (Å²) in [6, 6.07) is 0.394. The Labute approximate surface area is 121 Å². The minimum atomic E-state index is 0.394. The Hall–Kier alpha value is -0.480. The van der Waals surface area contributed by atoms with E-state index >= 15 is 0 Å². The molecule has 1 atom stereocenters. The van der Waals surface area contributed by atoms with E-state index in [4.69, 9.17) is 0 Å². The second-order valence-corrected chi connectivity index (χ2v) is 6.71. The first kappa shape index (κ1) is 14.9. The van der Waals surface area contributed by atoms with E-state index in [1.54, 1.807) is 0 Å². The Balaban J connectivity index is 1.92. The fourth-order valence-electron chi connectivity index (χ4n) is 2.96. The Bertz CT molecular complexity index is 356. The van der Waals surface area contributed by atoms with Gasteiger partial charge in [0.25, 0.3) is 0 Å². The van der Waals surface area contributed by atoms with Gasteiger partial charge in [0.05, 0.1) is 6.04 Å². The van der Waals surface area contributed by atoms with E-state index in [9.17, 15) is 0 Å². The standard InChI is InChI=1S/C15H27N3S/c1-3-13(16-4-2)15-18-17-14(19-15)11-12-9-7-5-6-8-10-12/h12-13,16H,3-11H2,1-2H3. The SMILES string of the molecule is CCNC(CC)c1nnc(CC2CCCCCC2)s1. The predicted octanol–water partition coefficient (Wildman–Crippen LogP) is 4.11. The summed E-state index contributed by atoms with van der Waals surface area (Å²) < 4.78 is 0. The zero-order chi connectivity index (χ0) is 13.5. The molecule has 4 heteroatoms. The van der Waals surface area contributed by atoms with Crippen molar-refractivity contribution >= 4 is 11.3 Å². The highest BCUT2D eigenvalue weighted by Gasteiger charge is 2.18. The van der Waals surface area contributed by atoms with Crippen molar-refractivity contribution in [3.8, 4) is 0 Å². The van der Waals surface area contributed by atoms with Crippen molar-refractivity contribution in [1.29, 1.82) is 0 Å². The van der Waals surface area contributed by atoms with Gasteiger partial charge in [0.2, 0.25) is 0 Å². The van der Waals surface area contributed by atoms with Crippen molar-refractivity contribution in [3.05, 3.63) is 10.0 Å². The molecule has 1 aromatic rings. The van der Waals surface area contributed by atoms with E-state index < -0.39 is 0 Å². The maximum atomic E-state index is 4.42. The summed E-state index contributed by atoms with van der Waals surface area (Å²) >= 11 is 1.82. The van der Waals surface area contributed by atoms with Crippen LogP contribution in [0.15, 0.2) is 0 Å². The van der Waals surface area contributed by atoms with Crippen molar-refractivity contribution < 1.29 is 0 Å². The van der Waals surface area contributed by atoms with Crippen LogP contribution in [-0.4, -0.2) is 16.7 Å². The molecule has 3 nitrogen and oxygen atoms in total. The van der Waals surface area contributed by atoms with Crippen LogP contribution in [0.25, 0.3) is 0 Å². The second-order valence-electron chi connectivity index (χ2n) is 5.61. The Morgan fingerprint density at radius 2 is 1.89 bits per heavy atom. The third-order valence-corrected chi connectivity index (χ3v) is 5.14. The summed E-state index contributed by atoms with van der Waals surface area (Å²) in [5.41, 5.74) is 0. The lowest BCUT2D eigenvalue weighted by Crippen LogP contribution is -2.19. The zero-order valence-corrected chi connectivity index (χ0v) is 13.1. The quantitative estimate of drug-likeness (QED) is 0.797. The number of hydrogen-bond acceptors (Lipinski definition) is 4. The largest absolute Gasteiger partial charge is 0.308 e. The second kappa shape index (κ2) is 7.95. The fraction of sp³-hybridized carbons (Fsp3) is 0.867. The molecule has 1 aliphatic carbocycles. The zero-order valence-electron chi connectivity index (χ0n) is 12.3. The van der Waals surface area contributed by atoms with Crippen molar-refractivity contribution in [1.82, 2.24) is 15.5 Å². The molecular formula is C15H27N3S. The van der Waals surface area contributed by atoms with Crippen LogP contribution < -0.4 is 5.32 Å². The van der Waals surface area contributed by atoms with Crippen LogP contribution in [0.4, 0.5) is 0 Å². The summed E-state index contributed by atoms with van der Waals surface area (Å²) in [4.78, 5) is 0. The van der Waals surface area contributed by atoms with Crippen LogP contribution in [0.1, 0.15) is 74.9 Å². The summed E-state index contributed by atoms with van der Waals surface area (Å²) in [6.07, 6.45) is 10.7. The molecule has 0 aromatic carbocycles. The highest BCUT2D eigenvalue weighted by molar-refractivity contribution is 7.11. The summed E-state index contributed by atoms with van der Waals surface area (Å²) in [6.45, 7) is 5.35. The smallest absolute Gasteiger partial charge is 0.134 e. The maximum absolute atomic E-state index is 4.42. The van der Waals surface area contributed by atoms with E-state index in [0.29, 0.717) is 6.04 Å². The van der Waals surface area contributed by atoms with Crippen molar-refractivity contribution in [2.75, 3.05) is 6.54 Å². The van der Waals surface area contributed by atoms with Gasteiger partial charge in [-0.3, -0.25) is 0 Å². The first-order valence-corrected chi connectivity index (χ1v) is 8.70. The van der Waals surface area contributed by atoms with Gasteiger partial charge in [-0.2, -0.15) is 0 Å². The van der Waals surface area contributed by atoms with Gasteiger partial charge in [-0.05, 0) is 18.9 Å². The van der Waals surface area contributed by atoms with Gasteiger partial charge in [0.1, 0.15) is 10.0 Å². The number of hydrogen-bond donors (Lipinski definition) is 1. The Morgan fingerprint density at radius 1 is 1.16 bits per heavy atom. The summed E-state index contributed by atoms with van der Waals surface area (Å²) in [7, 11) is 0. The first-order chi connectivity index (χ1) is 9.33. The molecule has 1 aromatic heterocycles. The van der Waals surface area contributed by atoms with E-state index in [2.05, 4.69) is 29.4 Å². The molecule has 1 aliphatic rings. The number of aromatic nitrogens is 2. The molecule has 0 radical (unpaired) electrons. The maximum Gasteiger partial charge on any atom is 0.134 e. The number of nitrogens with one attached hydrogen (secondary N) is 1. The fourth-order valence-corrected chi connectivity index (χ4v) is 4.07. The minimum Gasteiger partial charge on any atom is -0.308 e. The van der Waals surface area contributed by atoms with Crippen LogP contribution in [0.2, 0.25) is 0 Å². The van der Waals surface area contributed by atoms with E-state index in [-0.39, 0.29) is 0 Å². The molecule has 0 aliphatic heterocycles. The average Bonchev–Trinajstić information content (AvgIpc) is 2.72. The van der Waals surface area contributed by atoms with Crippen LogP contribution in [0.5, 0.6) is 0 Å². The Morgan fingerprint density at radius 3 is 2.53 bits per heavy atom. The van der Waals surface area contributed by atoms with Gasteiger partial charge in [0, 0.05) is 6.42 Å². The molecule has 19 heavy (non-hydrogen) atoms. The molecule has 0 spiro atoms. The summed E-state index contributed by atoms with van der Waals surface area (Å²) in [5, 5.41) is 14.7. The Kier molecular flexibility index (Phi) is 6.24. The van der Waals surface area contributed by atoms with Gasteiger partial charge in [-0.1, -0.05) is 63.7 Å². The van der Waals surface area contributed by atoms with Crippen LogP contribution in [0.3, 0.4) is 0 Å². The predicted molar refractivity (Wildman–Crippen MR) is 81.5 cm³/mol. The monoisotopic (exact) mass is 281 g/mol. The molecular weight excluding hydrogens is 254 g/mol. The van der Waals surface area contributed by atoms with Gasteiger partial charge < -0.3 is 5.32 Å². The van der Waals surface area contributed by atoms with Crippen molar-refractivity contribution in [2.24, 2.45) is 5.92 Å². The van der Waals surface area contributed by atoms with Crippen molar-refractivity contribution in [2.45, 2.75) is 71.3 Å². The lowest BCUT2D eigenvalue weighted by Gasteiger charge is -2.12. The van der Waals surface area contributed by atoms with Gasteiger partial charge in [-0.15, -0.1) is 10.2 Å². The van der Waals surface area contributed by atoms with Crippen LogP contribution >= 0.6 is 11.3 Å². The van der Waals surface area contributed by atoms with Crippen LogP contribution in [0, 0.1) is 5.92 Å². The first-order valence-electron chi connectivity index (χ1n) is 7.89. The van der Waals surface area contributed by atoms with Crippen LogP contribution in [-0.2, 0) is 6.42 Å². The third kappa shape index (κ3) is 4.53. The molecule has 0 saturated heterocycles. The average molecular weight is 281 g/mol. The lowest BCUT2D eigenvalue weighted by atomic mass is 9.97. The molecule has 2 rings (SSSR count). The van der Waals surface area contributed by atoms with E-state index in [1.165, 1.54) is 48.5 Å². The lowest BCUT2D eigenvalue weighted by molar-refractivity contribution is 0.455. The molecule has 1 unspecified atom stereocenters. The molecule has 1 N–H and O–H groups in total. The molecule has 1 fully saturated rings.